The van der Waals surface area contributed by atoms with Gasteiger partial charge in [-0.2, -0.15) is 4.31 Å². The molecule has 0 N–H and O–H groups in total. The molecule has 1 aliphatic heterocycles. The zero-order valence-electron chi connectivity index (χ0n) is 20.6. The lowest BCUT2D eigenvalue weighted by molar-refractivity contribution is -0.123. The Morgan fingerprint density at radius 2 is 1.95 bits per heavy atom. The standard InChI is InChI=1S/C27H27FN4O3S2/c1-18-14-19(2)25-24(15-18)30-27(36-25)32(17-22-7-3-4-12-29-22)26(33)20-6-5-13-31(16-20)37(34,35)23-10-8-21(28)9-11-23/h3-4,7-12,14-15,20H,5-6,13,16-17H2,1-2H3. The van der Waals surface area contributed by atoms with Crippen LogP contribution in [0.1, 0.15) is 29.7 Å². The number of pyridine rings is 1. The molecule has 1 atom stereocenters. The molecule has 1 aliphatic rings. The first-order valence-electron chi connectivity index (χ1n) is 12.1. The largest absolute Gasteiger partial charge is 0.282 e. The molecular formula is C27H27FN4O3S2. The molecule has 1 amide bonds. The summed E-state index contributed by atoms with van der Waals surface area (Å²) >= 11 is 1.46. The van der Waals surface area contributed by atoms with Gasteiger partial charge in [0.2, 0.25) is 15.9 Å². The number of fused-ring (bicyclic) bond motifs is 1. The third-order valence-electron chi connectivity index (χ3n) is 6.54. The van der Waals surface area contributed by atoms with Crippen molar-refractivity contribution in [2.24, 2.45) is 5.92 Å². The number of piperidine rings is 1. The SMILES string of the molecule is Cc1cc(C)c2sc(N(Cc3ccccn3)C(=O)C3CCCN(S(=O)(=O)c4ccc(F)cc4)C3)nc2c1. The monoisotopic (exact) mass is 538 g/mol. The van der Waals surface area contributed by atoms with Crippen LogP contribution >= 0.6 is 11.3 Å². The summed E-state index contributed by atoms with van der Waals surface area (Å²) in [4.78, 5) is 24.8. The van der Waals surface area contributed by atoms with E-state index in [0.29, 0.717) is 24.5 Å². The number of nitrogens with zero attached hydrogens (tertiary/aromatic N) is 4. The van der Waals surface area contributed by atoms with E-state index in [1.165, 1.54) is 27.8 Å². The predicted octanol–water partition coefficient (Wildman–Crippen LogP) is 5.08. The number of anilines is 1. The fourth-order valence-corrected chi connectivity index (χ4v) is 7.26. The maximum atomic E-state index is 14.0. The highest BCUT2D eigenvalue weighted by atomic mass is 32.2. The molecule has 0 spiro atoms. The highest BCUT2D eigenvalue weighted by Crippen LogP contribution is 2.35. The normalized spacial score (nSPS) is 16.7. The van der Waals surface area contributed by atoms with Gasteiger partial charge in [0.1, 0.15) is 5.82 Å². The fourth-order valence-electron chi connectivity index (χ4n) is 4.71. The van der Waals surface area contributed by atoms with Crippen LogP contribution in [-0.4, -0.2) is 41.7 Å². The smallest absolute Gasteiger partial charge is 0.243 e. The Balaban J connectivity index is 1.46. The van der Waals surface area contributed by atoms with Gasteiger partial charge >= 0.3 is 0 Å². The van der Waals surface area contributed by atoms with E-state index in [1.807, 2.05) is 38.1 Å². The van der Waals surface area contributed by atoms with Gasteiger partial charge in [-0.1, -0.05) is 23.5 Å². The fraction of sp³-hybridized carbons (Fsp3) is 0.296. The van der Waals surface area contributed by atoms with Gasteiger partial charge in [-0.05, 0) is 80.3 Å². The number of hydrogen-bond donors (Lipinski definition) is 0. The molecule has 0 aliphatic carbocycles. The Labute approximate surface area is 219 Å². The molecule has 1 fully saturated rings. The van der Waals surface area contributed by atoms with Crippen molar-refractivity contribution in [3.63, 3.8) is 0 Å². The Hall–Kier alpha value is -3.21. The number of thiazole rings is 1. The van der Waals surface area contributed by atoms with E-state index in [9.17, 15) is 17.6 Å². The van der Waals surface area contributed by atoms with Crippen molar-refractivity contribution >= 4 is 42.6 Å². The molecule has 1 unspecified atom stereocenters. The van der Waals surface area contributed by atoms with Gasteiger partial charge < -0.3 is 0 Å². The molecule has 7 nitrogen and oxygen atoms in total. The summed E-state index contributed by atoms with van der Waals surface area (Å²) in [5.41, 5.74) is 3.74. The van der Waals surface area contributed by atoms with E-state index >= 15 is 0 Å². The molecule has 0 bridgehead atoms. The van der Waals surface area contributed by atoms with Gasteiger partial charge in [0.05, 0.1) is 33.3 Å². The average Bonchev–Trinajstić information content (AvgIpc) is 3.32. The Bertz CT molecular complexity index is 1540. The summed E-state index contributed by atoms with van der Waals surface area (Å²) in [5, 5.41) is 0.567. The van der Waals surface area contributed by atoms with Crippen LogP contribution < -0.4 is 4.90 Å². The molecule has 1 saturated heterocycles. The zero-order chi connectivity index (χ0) is 26.2. The van der Waals surface area contributed by atoms with Crippen molar-refractivity contribution in [2.45, 2.75) is 38.1 Å². The first-order chi connectivity index (χ1) is 17.7. The lowest BCUT2D eigenvalue weighted by Gasteiger charge is -2.33. The van der Waals surface area contributed by atoms with Crippen molar-refractivity contribution in [3.05, 3.63) is 83.4 Å². The predicted molar refractivity (Wildman–Crippen MR) is 142 cm³/mol. The molecular weight excluding hydrogens is 511 g/mol. The molecule has 0 radical (unpaired) electrons. The second-order valence-electron chi connectivity index (χ2n) is 9.33. The number of benzene rings is 2. The van der Waals surface area contributed by atoms with Crippen LogP contribution in [0.15, 0.2) is 65.7 Å². The van der Waals surface area contributed by atoms with Gasteiger partial charge in [-0.3, -0.25) is 14.7 Å². The molecule has 10 heteroatoms. The van der Waals surface area contributed by atoms with Crippen LogP contribution in [-0.2, 0) is 21.4 Å². The summed E-state index contributed by atoms with van der Waals surface area (Å²) in [5.74, 6) is -1.22. The first-order valence-corrected chi connectivity index (χ1v) is 14.3. The summed E-state index contributed by atoms with van der Waals surface area (Å²) in [6.45, 7) is 4.64. The van der Waals surface area contributed by atoms with Gasteiger partial charge in [0.25, 0.3) is 0 Å². The van der Waals surface area contributed by atoms with E-state index in [4.69, 9.17) is 4.98 Å². The lowest BCUT2D eigenvalue weighted by atomic mass is 9.98. The van der Waals surface area contributed by atoms with Crippen LogP contribution in [0.4, 0.5) is 9.52 Å². The molecule has 4 aromatic rings. The lowest BCUT2D eigenvalue weighted by Crippen LogP contribution is -2.46. The van der Waals surface area contributed by atoms with Crippen LogP contribution in [0, 0.1) is 25.6 Å². The number of hydrogen-bond acceptors (Lipinski definition) is 6. The topological polar surface area (TPSA) is 83.5 Å². The van der Waals surface area contributed by atoms with Crippen molar-refractivity contribution in [2.75, 3.05) is 18.0 Å². The van der Waals surface area contributed by atoms with Gasteiger partial charge in [0, 0.05) is 19.3 Å². The maximum Gasteiger partial charge on any atom is 0.243 e. The maximum absolute atomic E-state index is 14.0. The van der Waals surface area contributed by atoms with Crippen molar-refractivity contribution < 1.29 is 17.6 Å². The quantitative estimate of drug-likeness (QED) is 0.342. The van der Waals surface area contributed by atoms with Crippen molar-refractivity contribution in [3.8, 4) is 0 Å². The van der Waals surface area contributed by atoms with E-state index in [2.05, 4.69) is 11.1 Å². The molecule has 37 heavy (non-hydrogen) atoms. The third kappa shape index (κ3) is 5.27. The van der Waals surface area contributed by atoms with E-state index in [0.717, 1.165) is 39.2 Å². The number of rotatable bonds is 6. The average molecular weight is 539 g/mol. The molecule has 192 valence electrons. The summed E-state index contributed by atoms with van der Waals surface area (Å²) in [7, 11) is -3.85. The molecule has 0 saturated carbocycles. The minimum Gasteiger partial charge on any atom is -0.282 e. The number of sulfonamides is 1. The number of aryl methyl sites for hydroxylation is 2. The van der Waals surface area contributed by atoms with Crippen LogP contribution in [0.5, 0.6) is 0 Å². The number of halogens is 1. The highest BCUT2D eigenvalue weighted by Gasteiger charge is 2.36. The Kier molecular flexibility index (Phi) is 7.06. The summed E-state index contributed by atoms with van der Waals surface area (Å²) in [6.07, 6.45) is 2.80. The van der Waals surface area contributed by atoms with Gasteiger partial charge in [-0.15, -0.1) is 0 Å². The molecule has 2 aromatic heterocycles. The Morgan fingerprint density at radius 3 is 2.68 bits per heavy atom. The van der Waals surface area contributed by atoms with Gasteiger partial charge in [0.15, 0.2) is 5.13 Å². The Morgan fingerprint density at radius 1 is 1.16 bits per heavy atom. The number of carbonyl (C=O) groups excluding carboxylic acids is 1. The van der Waals surface area contributed by atoms with E-state index in [1.54, 1.807) is 11.1 Å². The minimum absolute atomic E-state index is 0.0179. The van der Waals surface area contributed by atoms with Gasteiger partial charge in [-0.25, -0.2) is 17.8 Å². The number of carbonyl (C=O) groups is 1. The second-order valence-corrected chi connectivity index (χ2v) is 12.2. The zero-order valence-corrected chi connectivity index (χ0v) is 22.2. The first kappa shape index (κ1) is 25.4. The van der Waals surface area contributed by atoms with Crippen LogP contribution in [0.3, 0.4) is 0 Å². The van der Waals surface area contributed by atoms with Crippen LogP contribution in [0.2, 0.25) is 0 Å². The summed E-state index contributed by atoms with van der Waals surface area (Å²) < 4.78 is 42.2. The minimum atomic E-state index is -3.85. The molecule has 5 rings (SSSR count). The summed E-state index contributed by atoms with van der Waals surface area (Å²) in [6, 6.07) is 14.4. The van der Waals surface area contributed by atoms with E-state index in [-0.39, 0.29) is 23.9 Å². The van der Waals surface area contributed by atoms with Crippen molar-refractivity contribution in [1.82, 2.24) is 14.3 Å². The number of aromatic nitrogens is 2. The van der Waals surface area contributed by atoms with Crippen LogP contribution in [0.25, 0.3) is 10.2 Å². The molecule has 3 heterocycles. The molecule has 2 aromatic carbocycles. The number of amides is 1. The second kappa shape index (κ2) is 10.3. The van der Waals surface area contributed by atoms with Crippen molar-refractivity contribution in [1.29, 1.82) is 0 Å². The highest BCUT2D eigenvalue weighted by molar-refractivity contribution is 7.89. The third-order valence-corrected chi connectivity index (χ3v) is 9.65. The van der Waals surface area contributed by atoms with E-state index < -0.39 is 21.8 Å².